The topological polar surface area (TPSA) is 23.0 Å². The number of rotatable bonds is 2. The highest BCUT2D eigenvalue weighted by molar-refractivity contribution is 6.31. The van der Waals surface area contributed by atoms with Gasteiger partial charge in [0.2, 0.25) is 0 Å². The Kier molecular flexibility index (Phi) is 4.45. The summed E-state index contributed by atoms with van der Waals surface area (Å²) in [5.74, 6) is 0. The van der Waals surface area contributed by atoms with Gasteiger partial charge in [-0.15, -0.1) is 0 Å². The van der Waals surface area contributed by atoms with Gasteiger partial charge in [-0.25, -0.2) is 0 Å². The van der Waals surface area contributed by atoms with E-state index >= 15 is 0 Å². The summed E-state index contributed by atoms with van der Waals surface area (Å²) in [5, 5.41) is 9.58. The van der Waals surface area contributed by atoms with Crippen LogP contribution in [0.1, 0.15) is 0 Å². The van der Waals surface area contributed by atoms with Gasteiger partial charge in [-0.05, 0) is 60.0 Å². The number of fused-ring (bicyclic) bond motifs is 12. The lowest BCUT2D eigenvalue weighted by Gasteiger charge is -2.12. The van der Waals surface area contributed by atoms with Crippen LogP contribution in [0.15, 0.2) is 150 Å². The second-order valence-electron chi connectivity index (χ2n) is 11.3. The predicted molar refractivity (Wildman–Crippen MR) is 180 cm³/mol. The molecule has 0 saturated carbocycles. The minimum Gasteiger partial charge on any atom is -0.455 e. The van der Waals surface area contributed by atoms with Gasteiger partial charge in [-0.2, -0.15) is 0 Å². The first-order chi connectivity index (χ1) is 21.4. The highest BCUT2D eigenvalue weighted by atomic mass is 16.3. The number of nitrogens with zero attached hydrogens (tertiary/aromatic N) is 2. The third kappa shape index (κ3) is 2.98. The van der Waals surface area contributed by atoms with Crippen molar-refractivity contribution in [2.45, 2.75) is 0 Å². The average molecular weight is 549 g/mol. The molecule has 0 amide bonds. The predicted octanol–water partition coefficient (Wildman–Crippen LogP) is 10.9. The molecular formula is C40H24N2O. The summed E-state index contributed by atoms with van der Waals surface area (Å²) >= 11 is 0. The fraction of sp³-hybridized carbons (Fsp3) is 0. The van der Waals surface area contributed by atoms with Crippen molar-refractivity contribution in [3.8, 4) is 11.4 Å². The Morgan fingerprint density at radius 3 is 1.95 bits per heavy atom. The Labute approximate surface area is 246 Å². The number of furan rings is 1. The van der Waals surface area contributed by atoms with Gasteiger partial charge in [0.25, 0.3) is 0 Å². The van der Waals surface area contributed by atoms with Gasteiger partial charge in [0.05, 0.1) is 33.1 Å². The van der Waals surface area contributed by atoms with Crippen molar-refractivity contribution in [3.05, 3.63) is 146 Å². The molecular weight excluding hydrogens is 524 g/mol. The Morgan fingerprint density at radius 2 is 1.07 bits per heavy atom. The Morgan fingerprint density at radius 1 is 0.395 bits per heavy atom. The van der Waals surface area contributed by atoms with Crippen molar-refractivity contribution in [2.24, 2.45) is 0 Å². The van der Waals surface area contributed by atoms with Crippen molar-refractivity contribution >= 4 is 76.3 Å². The molecule has 200 valence electrons. The smallest absolute Gasteiger partial charge is 0.145 e. The summed E-state index contributed by atoms with van der Waals surface area (Å²) in [7, 11) is 0. The molecule has 3 aromatic heterocycles. The van der Waals surface area contributed by atoms with Crippen LogP contribution < -0.4 is 0 Å². The molecule has 0 N–H and O–H groups in total. The van der Waals surface area contributed by atoms with Crippen molar-refractivity contribution in [1.82, 2.24) is 9.13 Å². The van der Waals surface area contributed by atoms with Crippen LogP contribution in [-0.2, 0) is 0 Å². The molecule has 3 nitrogen and oxygen atoms in total. The van der Waals surface area contributed by atoms with Crippen molar-refractivity contribution in [3.63, 3.8) is 0 Å². The fourth-order valence-electron chi connectivity index (χ4n) is 7.33. The van der Waals surface area contributed by atoms with Crippen LogP contribution >= 0.6 is 0 Å². The van der Waals surface area contributed by atoms with E-state index in [1.54, 1.807) is 0 Å². The summed E-state index contributed by atoms with van der Waals surface area (Å²) in [5.41, 5.74) is 8.89. The van der Waals surface area contributed by atoms with Gasteiger partial charge in [0.15, 0.2) is 0 Å². The molecule has 43 heavy (non-hydrogen) atoms. The van der Waals surface area contributed by atoms with E-state index in [1.807, 2.05) is 6.07 Å². The van der Waals surface area contributed by atoms with Crippen LogP contribution in [0.25, 0.3) is 87.7 Å². The molecule has 3 heterocycles. The van der Waals surface area contributed by atoms with Gasteiger partial charge in [0.1, 0.15) is 11.2 Å². The van der Waals surface area contributed by atoms with E-state index in [4.69, 9.17) is 4.42 Å². The Balaban J connectivity index is 1.46. The maximum atomic E-state index is 6.63. The van der Waals surface area contributed by atoms with E-state index < -0.39 is 0 Å². The van der Waals surface area contributed by atoms with Gasteiger partial charge >= 0.3 is 0 Å². The summed E-state index contributed by atoms with van der Waals surface area (Å²) < 4.78 is 11.5. The molecule has 0 radical (unpaired) electrons. The molecule has 0 unspecified atom stereocenters. The lowest BCUT2D eigenvalue weighted by molar-refractivity contribution is 0.673. The first-order valence-electron chi connectivity index (χ1n) is 14.7. The molecule has 10 rings (SSSR count). The SMILES string of the molecule is c1ccc(-n2c3ccc4c5ccccc5oc4c3c3ccc4c(c5ccccc5n4-c4cccc5ccccc45)c32)cc1. The first kappa shape index (κ1) is 22.8. The molecule has 0 atom stereocenters. The number of aromatic nitrogens is 2. The monoisotopic (exact) mass is 548 g/mol. The van der Waals surface area contributed by atoms with Crippen LogP contribution in [0, 0.1) is 0 Å². The largest absolute Gasteiger partial charge is 0.455 e. The number of para-hydroxylation sites is 3. The Bertz CT molecular complexity index is 2720. The van der Waals surface area contributed by atoms with Gasteiger partial charge < -0.3 is 13.6 Å². The molecule has 7 aromatic carbocycles. The molecule has 0 saturated heterocycles. The van der Waals surface area contributed by atoms with E-state index in [0.717, 1.165) is 38.5 Å². The number of benzene rings is 7. The molecule has 0 aliphatic heterocycles. The van der Waals surface area contributed by atoms with Crippen LogP contribution in [0.4, 0.5) is 0 Å². The molecule has 0 spiro atoms. The Hall–Kier alpha value is -5.80. The fourth-order valence-corrected chi connectivity index (χ4v) is 7.33. The van der Waals surface area contributed by atoms with Gasteiger partial charge in [-0.1, -0.05) is 91.0 Å². The van der Waals surface area contributed by atoms with Crippen molar-refractivity contribution in [2.75, 3.05) is 0 Å². The zero-order valence-corrected chi connectivity index (χ0v) is 23.2. The minimum atomic E-state index is 0.916. The lowest BCUT2D eigenvalue weighted by Crippen LogP contribution is -1.96. The zero-order chi connectivity index (χ0) is 28.1. The highest BCUT2D eigenvalue weighted by Crippen LogP contribution is 2.45. The summed E-state index contributed by atoms with van der Waals surface area (Å²) in [6.07, 6.45) is 0. The molecule has 3 heteroatoms. The minimum absolute atomic E-state index is 0.916. The number of hydrogen-bond donors (Lipinski definition) is 0. The maximum absolute atomic E-state index is 6.63. The quantitative estimate of drug-likeness (QED) is 0.211. The van der Waals surface area contributed by atoms with E-state index in [9.17, 15) is 0 Å². The van der Waals surface area contributed by atoms with Crippen LogP contribution in [-0.4, -0.2) is 9.13 Å². The molecule has 0 bridgehead atoms. The van der Waals surface area contributed by atoms with Gasteiger partial charge in [0, 0.05) is 38.0 Å². The summed E-state index contributed by atoms with van der Waals surface area (Å²) in [6.45, 7) is 0. The van der Waals surface area contributed by atoms with E-state index in [0.29, 0.717) is 0 Å². The highest BCUT2D eigenvalue weighted by Gasteiger charge is 2.23. The third-order valence-corrected chi connectivity index (χ3v) is 9.09. The molecule has 0 fully saturated rings. The zero-order valence-electron chi connectivity index (χ0n) is 23.2. The van der Waals surface area contributed by atoms with Crippen LogP contribution in [0.3, 0.4) is 0 Å². The molecule has 0 aliphatic rings. The van der Waals surface area contributed by atoms with E-state index in [2.05, 4.69) is 149 Å². The average Bonchev–Trinajstić information content (AvgIpc) is 3.72. The third-order valence-electron chi connectivity index (χ3n) is 9.09. The normalized spacial score (nSPS) is 12.2. The molecule has 10 aromatic rings. The van der Waals surface area contributed by atoms with Crippen LogP contribution in [0.5, 0.6) is 0 Å². The number of hydrogen-bond acceptors (Lipinski definition) is 1. The second kappa shape index (κ2) is 8.37. The van der Waals surface area contributed by atoms with Crippen LogP contribution in [0.2, 0.25) is 0 Å². The van der Waals surface area contributed by atoms with E-state index in [-0.39, 0.29) is 0 Å². The summed E-state index contributed by atoms with van der Waals surface area (Å²) in [6, 6.07) is 52.2. The maximum Gasteiger partial charge on any atom is 0.145 e. The lowest BCUT2D eigenvalue weighted by atomic mass is 10.1. The standard InChI is InChI=1S/C40H24N2O/c1-2-13-26(14-3-1)41-35-23-21-29-28-16-7-9-20-36(28)43-40(29)38(35)31-22-24-34-37(39(31)41)30-17-6-8-18-33(30)42(34)32-19-10-12-25-11-4-5-15-27(25)32/h1-24H. The van der Waals surface area contributed by atoms with Crippen molar-refractivity contribution < 1.29 is 4.42 Å². The summed E-state index contributed by atoms with van der Waals surface area (Å²) in [4.78, 5) is 0. The molecule has 0 aliphatic carbocycles. The van der Waals surface area contributed by atoms with E-state index in [1.165, 1.54) is 49.2 Å². The van der Waals surface area contributed by atoms with Crippen molar-refractivity contribution in [1.29, 1.82) is 0 Å². The second-order valence-corrected chi connectivity index (χ2v) is 11.3. The van der Waals surface area contributed by atoms with Gasteiger partial charge in [-0.3, -0.25) is 0 Å². The first-order valence-corrected chi connectivity index (χ1v) is 14.7.